The van der Waals surface area contributed by atoms with Gasteiger partial charge in [0.25, 0.3) is 0 Å². The van der Waals surface area contributed by atoms with Crippen LogP contribution in [-0.4, -0.2) is 12.6 Å². The van der Waals surface area contributed by atoms with Crippen molar-refractivity contribution < 1.29 is 9.53 Å². The highest BCUT2D eigenvalue weighted by Crippen LogP contribution is 2.11. The molecule has 0 aliphatic heterocycles. The fraction of sp³-hybridized carbons (Fsp3) is 0.948. The van der Waals surface area contributed by atoms with E-state index in [2.05, 4.69) is 82.7 Å². The lowest BCUT2D eigenvalue weighted by molar-refractivity contribution is -0.139. The van der Waals surface area contributed by atoms with E-state index in [9.17, 15) is 4.79 Å². The highest BCUT2D eigenvalue weighted by atomic mass is 16.5. The molecule has 0 heterocycles. The first kappa shape index (κ1) is 70.9. The van der Waals surface area contributed by atoms with Gasteiger partial charge in [-0.15, -0.1) is 0 Å². The summed E-state index contributed by atoms with van der Waals surface area (Å²) in [7, 11) is 0. The minimum Gasteiger partial charge on any atom is -0.462 e. The molecule has 0 unspecified atom stereocenters. The minimum atomic E-state index is -0.284. The first-order valence-electron chi connectivity index (χ1n) is 28.1. The van der Waals surface area contributed by atoms with Crippen LogP contribution in [0.1, 0.15) is 353 Å². The van der Waals surface area contributed by atoms with Crippen LogP contribution >= 0.6 is 0 Å². The van der Waals surface area contributed by atoms with Crippen LogP contribution in [-0.2, 0) is 9.53 Å². The van der Waals surface area contributed by atoms with Gasteiger partial charge < -0.3 is 4.74 Å². The second-order valence-electron chi connectivity index (χ2n) is 17.9. The Morgan fingerprint density at radius 1 is 0.267 bits per heavy atom. The molecule has 0 aliphatic carbocycles. The summed E-state index contributed by atoms with van der Waals surface area (Å²) in [6, 6.07) is 0. The molecule has 0 radical (unpaired) electrons. The summed E-state index contributed by atoms with van der Waals surface area (Å²) in [4.78, 5) is 10.7. The van der Waals surface area contributed by atoms with Gasteiger partial charge in [-0.05, 0) is 13.3 Å². The third-order valence-electron chi connectivity index (χ3n) is 10.9. The monoisotopic (exact) mass is 853 g/mol. The number of carbonyl (C=O) groups excluding carboxylic acids is 1. The van der Waals surface area contributed by atoms with E-state index >= 15 is 0 Å². The van der Waals surface area contributed by atoms with Crippen molar-refractivity contribution in [2.75, 3.05) is 6.61 Å². The van der Waals surface area contributed by atoms with Gasteiger partial charge in [0.1, 0.15) is 0 Å². The summed E-state index contributed by atoms with van der Waals surface area (Å²) in [5.74, 6) is -0.284. The molecule has 368 valence electrons. The molecule has 60 heavy (non-hydrogen) atoms. The van der Waals surface area contributed by atoms with Gasteiger partial charge in [-0.2, -0.15) is 0 Å². The number of ether oxygens (including phenoxy) is 1. The quantitative estimate of drug-likeness (QED) is 0.0350. The van der Waals surface area contributed by atoms with Crippen LogP contribution < -0.4 is 0 Å². The minimum absolute atomic E-state index is 0.284. The molecule has 0 N–H and O–H groups in total. The van der Waals surface area contributed by atoms with E-state index in [0.29, 0.717) is 12.2 Å². The molecular formula is C58H124O2. The van der Waals surface area contributed by atoms with E-state index in [1.807, 2.05) is 0 Å². The van der Waals surface area contributed by atoms with Crippen molar-refractivity contribution in [3.8, 4) is 0 Å². The highest BCUT2D eigenvalue weighted by molar-refractivity contribution is 5.86. The first-order chi connectivity index (χ1) is 29.3. The molecule has 0 bridgehead atoms. The molecule has 0 aromatic rings. The first-order valence-corrected chi connectivity index (χ1v) is 28.1. The van der Waals surface area contributed by atoms with Crippen molar-refractivity contribution in [2.45, 2.75) is 353 Å². The Bertz CT molecular complexity index is 522. The van der Waals surface area contributed by atoms with Gasteiger partial charge in [-0.25, -0.2) is 4.79 Å². The van der Waals surface area contributed by atoms with Crippen molar-refractivity contribution in [3.05, 3.63) is 12.2 Å². The maximum atomic E-state index is 10.7. The largest absolute Gasteiger partial charge is 0.462 e. The number of hydrogen-bond donors (Lipinski definition) is 0. The van der Waals surface area contributed by atoms with Crippen LogP contribution in [0.25, 0.3) is 0 Å². The number of esters is 1. The Labute approximate surface area is 385 Å². The zero-order valence-corrected chi connectivity index (χ0v) is 44.9. The Morgan fingerprint density at radius 3 is 0.517 bits per heavy atom. The molecule has 0 rings (SSSR count). The van der Waals surface area contributed by atoms with Crippen LogP contribution in [0.3, 0.4) is 0 Å². The molecule has 0 aromatic carbocycles. The molecule has 0 atom stereocenters. The summed E-state index contributed by atoms with van der Waals surface area (Å²) >= 11 is 0. The van der Waals surface area contributed by atoms with Crippen LogP contribution in [0.2, 0.25) is 0 Å². The molecule has 0 saturated heterocycles. The van der Waals surface area contributed by atoms with Crippen LogP contribution in [0.4, 0.5) is 0 Å². The van der Waals surface area contributed by atoms with Gasteiger partial charge in [0.2, 0.25) is 0 Å². The Balaban J connectivity index is -0.000000146. The second kappa shape index (κ2) is 78.7. The molecule has 2 nitrogen and oxygen atoms in total. The van der Waals surface area contributed by atoms with Gasteiger partial charge >= 0.3 is 5.97 Å². The average molecular weight is 854 g/mol. The molecule has 0 fully saturated rings. The van der Waals surface area contributed by atoms with Crippen LogP contribution in [0.15, 0.2) is 12.2 Å². The van der Waals surface area contributed by atoms with Crippen molar-refractivity contribution in [2.24, 2.45) is 0 Å². The Kier molecular flexibility index (Phi) is 92.9. The predicted molar refractivity (Wildman–Crippen MR) is 282 cm³/mol. The molecule has 0 aromatic heterocycles. The number of unbranched alkanes of at least 4 members (excludes halogenated alkanes) is 36. The molecule has 0 spiro atoms. The van der Waals surface area contributed by atoms with Crippen molar-refractivity contribution in [3.63, 3.8) is 0 Å². The second-order valence-corrected chi connectivity index (χ2v) is 17.9. The number of carbonyl (C=O) groups is 1. The van der Waals surface area contributed by atoms with E-state index in [4.69, 9.17) is 4.74 Å². The third-order valence-corrected chi connectivity index (χ3v) is 10.9. The lowest BCUT2D eigenvalue weighted by atomic mass is 10.1. The topological polar surface area (TPSA) is 26.3 Å². The molecule has 0 amide bonds. The van der Waals surface area contributed by atoms with Crippen molar-refractivity contribution in [1.29, 1.82) is 0 Å². The summed E-state index contributed by atoms with van der Waals surface area (Å²) in [5, 5.41) is 0. The Morgan fingerprint density at radius 2 is 0.400 bits per heavy atom. The van der Waals surface area contributed by atoms with Crippen LogP contribution in [0, 0.1) is 0 Å². The normalized spacial score (nSPS) is 10.0. The zero-order valence-electron chi connectivity index (χ0n) is 44.9. The summed E-state index contributed by atoms with van der Waals surface area (Å²) in [6.07, 6.45) is 59.3. The molecular weight excluding hydrogens is 729 g/mol. The maximum absolute atomic E-state index is 10.7. The number of hydrogen-bond acceptors (Lipinski definition) is 2. The fourth-order valence-corrected chi connectivity index (χ4v) is 6.47. The highest BCUT2D eigenvalue weighted by Gasteiger charge is 2.00. The fourth-order valence-electron chi connectivity index (χ4n) is 6.47. The van der Waals surface area contributed by atoms with E-state index < -0.39 is 0 Å². The smallest absolute Gasteiger partial charge is 0.333 e. The van der Waals surface area contributed by atoms with Crippen molar-refractivity contribution >= 4 is 5.97 Å². The van der Waals surface area contributed by atoms with Gasteiger partial charge in [0.15, 0.2) is 0 Å². The van der Waals surface area contributed by atoms with Crippen molar-refractivity contribution in [1.82, 2.24) is 0 Å². The zero-order chi connectivity index (χ0) is 46.3. The summed E-state index contributed by atoms with van der Waals surface area (Å²) in [6.45, 7) is 30.4. The number of rotatable bonds is 39. The SMILES string of the molecule is C=C(C)C(=O)OCCCC.CCCCCCCCCC.CCCCCCCCCC.CCCCCCCCCC.CCCCCCCCCC.CCCCCCCCCC. The maximum Gasteiger partial charge on any atom is 0.333 e. The van der Waals surface area contributed by atoms with Gasteiger partial charge in [0.05, 0.1) is 6.61 Å². The summed E-state index contributed by atoms with van der Waals surface area (Å²) < 4.78 is 4.81. The Hall–Kier alpha value is -0.790. The van der Waals surface area contributed by atoms with Gasteiger partial charge in [0, 0.05) is 5.57 Å². The van der Waals surface area contributed by atoms with E-state index in [1.54, 1.807) is 6.92 Å². The van der Waals surface area contributed by atoms with Gasteiger partial charge in [-0.3, -0.25) is 0 Å². The lowest BCUT2D eigenvalue weighted by Gasteiger charge is -2.01. The van der Waals surface area contributed by atoms with Crippen LogP contribution in [0.5, 0.6) is 0 Å². The standard InChI is InChI=1S/5C10H22.C8H14O2/c5*1-3-5-7-9-10-8-6-4-2;1-4-5-6-10-8(9)7(2)3/h5*3-10H2,1-2H3;2,4-6H2,1,3H3. The summed E-state index contributed by atoms with van der Waals surface area (Å²) in [5.41, 5.74) is 0.469. The average Bonchev–Trinajstić information content (AvgIpc) is 3.25. The van der Waals surface area contributed by atoms with Gasteiger partial charge in [-0.1, -0.05) is 346 Å². The van der Waals surface area contributed by atoms with E-state index in [1.165, 1.54) is 257 Å². The molecule has 0 aliphatic rings. The van der Waals surface area contributed by atoms with E-state index in [-0.39, 0.29) is 5.97 Å². The van der Waals surface area contributed by atoms with E-state index in [0.717, 1.165) is 12.8 Å². The predicted octanol–water partition coefficient (Wildman–Crippen LogP) is 22.6. The third kappa shape index (κ3) is 96.8. The molecule has 0 saturated carbocycles. The molecule has 2 heteroatoms. The lowest BCUT2D eigenvalue weighted by Crippen LogP contribution is -2.05.